The third-order valence-corrected chi connectivity index (χ3v) is 4.60. The van der Waals surface area contributed by atoms with Crippen LogP contribution in [0.15, 0.2) is 0 Å². The van der Waals surface area contributed by atoms with Crippen LogP contribution in [0.3, 0.4) is 0 Å². The summed E-state index contributed by atoms with van der Waals surface area (Å²) >= 11 is 0. The minimum Gasteiger partial charge on any atom is -0.352 e. The van der Waals surface area contributed by atoms with Crippen LogP contribution in [0.5, 0.6) is 0 Å². The number of amides is 1. The molecule has 0 spiro atoms. The SMILES string of the molecule is CC(NC(=O)C1CCCCCN1)C1CCCCC1. The molecule has 1 aliphatic heterocycles. The molecule has 0 aromatic rings. The van der Waals surface area contributed by atoms with Gasteiger partial charge in [-0.15, -0.1) is 0 Å². The summed E-state index contributed by atoms with van der Waals surface area (Å²) in [5.74, 6) is 0.934. The predicted molar refractivity (Wildman–Crippen MR) is 74.4 cm³/mol. The normalized spacial score (nSPS) is 28.4. The lowest BCUT2D eigenvalue weighted by Crippen LogP contribution is -2.48. The maximum atomic E-state index is 12.2. The first-order valence-electron chi connectivity index (χ1n) is 7.81. The molecule has 0 aromatic carbocycles. The second kappa shape index (κ2) is 7.13. The zero-order valence-electron chi connectivity index (χ0n) is 11.7. The van der Waals surface area contributed by atoms with Gasteiger partial charge < -0.3 is 10.6 Å². The highest BCUT2D eigenvalue weighted by Crippen LogP contribution is 2.26. The van der Waals surface area contributed by atoms with Gasteiger partial charge >= 0.3 is 0 Å². The van der Waals surface area contributed by atoms with Gasteiger partial charge in [-0.05, 0) is 45.1 Å². The molecule has 0 radical (unpaired) electrons. The Morgan fingerprint density at radius 1 is 1.06 bits per heavy atom. The average Bonchev–Trinajstić information content (AvgIpc) is 2.68. The molecule has 2 aliphatic rings. The van der Waals surface area contributed by atoms with Gasteiger partial charge in [0, 0.05) is 6.04 Å². The van der Waals surface area contributed by atoms with Gasteiger partial charge in [0.05, 0.1) is 6.04 Å². The molecule has 2 rings (SSSR count). The van der Waals surface area contributed by atoms with Gasteiger partial charge in [-0.1, -0.05) is 32.1 Å². The van der Waals surface area contributed by atoms with E-state index >= 15 is 0 Å². The summed E-state index contributed by atoms with van der Waals surface area (Å²) in [5, 5.41) is 6.62. The number of carbonyl (C=O) groups is 1. The van der Waals surface area contributed by atoms with E-state index < -0.39 is 0 Å². The lowest BCUT2D eigenvalue weighted by molar-refractivity contribution is -0.124. The quantitative estimate of drug-likeness (QED) is 0.810. The first-order valence-corrected chi connectivity index (χ1v) is 7.81. The van der Waals surface area contributed by atoms with Crippen LogP contribution >= 0.6 is 0 Å². The van der Waals surface area contributed by atoms with Crippen LogP contribution in [-0.4, -0.2) is 24.5 Å². The Bertz CT molecular complexity index is 253. The van der Waals surface area contributed by atoms with E-state index in [9.17, 15) is 4.79 Å². The third kappa shape index (κ3) is 3.98. The van der Waals surface area contributed by atoms with E-state index in [1.54, 1.807) is 0 Å². The van der Waals surface area contributed by atoms with Gasteiger partial charge in [0.1, 0.15) is 0 Å². The second-order valence-electron chi connectivity index (χ2n) is 6.05. The molecule has 2 fully saturated rings. The Balaban J connectivity index is 1.77. The van der Waals surface area contributed by atoms with Crippen molar-refractivity contribution in [1.82, 2.24) is 10.6 Å². The van der Waals surface area contributed by atoms with Crippen molar-refractivity contribution in [1.29, 1.82) is 0 Å². The number of hydrogen-bond acceptors (Lipinski definition) is 2. The van der Waals surface area contributed by atoms with Crippen LogP contribution in [0.25, 0.3) is 0 Å². The van der Waals surface area contributed by atoms with Crippen molar-refractivity contribution in [2.24, 2.45) is 5.92 Å². The number of hydrogen-bond donors (Lipinski definition) is 2. The van der Waals surface area contributed by atoms with Gasteiger partial charge in [0.25, 0.3) is 0 Å². The van der Waals surface area contributed by atoms with Crippen LogP contribution in [0, 0.1) is 5.92 Å². The summed E-state index contributed by atoms with van der Waals surface area (Å²) in [6.07, 6.45) is 11.3. The van der Waals surface area contributed by atoms with Crippen molar-refractivity contribution < 1.29 is 4.79 Å². The van der Waals surface area contributed by atoms with Gasteiger partial charge in [-0.3, -0.25) is 4.79 Å². The molecule has 18 heavy (non-hydrogen) atoms. The highest BCUT2D eigenvalue weighted by molar-refractivity contribution is 5.82. The highest BCUT2D eigenvalue weighted by Gasteiger charge is 2.25. The molecule has 3 heteroatoms. The average molecular weight is 252 g/mol. The van der Waals surface area contributed by atoms with Crippen molar-refractivity contribution in [3.05, 3.63) is 0 Å². The topological polar surface area (TPSA) is 41.1 Å². The minimum absolute atomic E-state index is 0.0542. The van der Waals surface area contributed by atoms with Crippen molar-refractivity contribution in [2.45, 2.75) is 76.8 Å². The number of rotatable bonds is 3. The smallest absolute Gasteiger partial charge is 0.237 e. The monoisotopic (exact) mass is 252 g/mol. The summed E-state index contributed by atoms with van der Waals surface area (Å²) in [6.45, 7) is 3.18. The summed E-state index contributed by atoms with van der Waals surface area (Å²) in [5.41, 5.74) is 0. The molecule has 2 N–H and O–H groups in total. The van der Waals surface area contributed by atoms with Crippen LogP contribution in [0.2, 0.25) is 0 Å². The Morgan fingerprint density at radius 3 is 2.50 bits per heavy atom. The predicted octanol–water partition coefficient (Wildman–Crippen LogP) is 2.60. The van der Waals surface area contributed by atoms with E-state index in [0.29, 0.717) is 12.0 Å². The Labute approximate surface area is 111 Å². The van der Waals surface area contributed by atoms with Gasteiger partial charge in [0.15, 0.2) is 0 Å². The summed E-state index contributed by atoms with van der Waals surface area (Å²) in [7, 11) is 0. The highest BCUT2D eigenvalue weighted by atomic mass is 16.2. The molecule has 2 unspecified atom stereocenters. The van der Waals surface area contributed by atoms with E-state index in [-0.39, 0.29) is 11.9 Å². The number of carbonyl (C=O) groups excluding carboxylic acids is 1. The molecule has 0 bridgehead atoms. The van der Waals surface area contributed by atoms with Crippen LogP contribution in [-0.2, 0) is 4.79 Å². The van der Waals surface area contributed by atoms with Crippen LogP contribution < -0.4 is 10.6 Å². The molecule has 1 aliphatic carbocycles. The second-order valence-corrected chi connectivity index (χ2v) is 6.05. The van der Waals surface area contributed by atoms with E-state index in [4.69, 9.17) is 0 Å². The van der Waals surface area contributed by atoms with Gasteiger partial charge in [0.2, 0.25) is 5.91 Å². The molecule has 1 saturated carbocycles. The number of nitrogens with one attached hydrogen (secondary N) is 2. The molecule has 104 valence electrons. The van der Waals surface area contributed by atoms with Gasteiger partial charge in [-0.2, -0.15) is 0 Å². The molecule has 0 aromatic heterocycles. The maximum Gasteiger partial charge on any atom is 0.237 e. The molecular formula is C15H28N2O. The van der Waals surface area contributed by atoms with E-state index in [1.165, 1.54) is 51.4 Å². The van der Waals surface area contributed by atoms with Crippen molar-refractivity contribution in [2.75, 3.05) is 6.54 Å². The largest absolute Gasteiger partial charge is 0.352 e. The molecule has 3 nitrogen and oxygen atoms in total. The molecule has 1 amide bonds. The summed E-state index contributed by atoms with van der Waals surface area (Å²) in [4.78, 5) is 12.2. The molecular weight excluding hydrogens is 224 g/mol. The van der Waals surface area contributed by atoms with Crippen molar-refractivity contribution in [3.8, 4) is 0 Å². The lowest BCUT2D eigenvalue weighted by atomic mass is 9.84. The fourth-order valence-corrected chi connectivity index (χ4v) is 3.33. The van der Waals surface area contributed by atoms with Crippen molar-refractivity contribution in [3.63, 3.8) is 0 Å². The summed E-state index contributed by atoms with van der Waals surface area (Å²) < 4.78 is 0. The zero-order chi connectivity index (χ0) is 12.8. The standard InChI is InChI=1S/C15H28N2O/c1-12(13-8-4-2-5-9-13)17-15(18)14-10-6-3-7-11-16-14/h12-14,16H,2-11H2,1H3,(H,17,18). The van der Waals surface area contributed by atoms with Gasteiger partial charge in [-0.25, -0.2) is 0 Å². The van der Waals surface area contributed by atoms with Crippen LogP contribution in [0.1, 0.15) is 64.7 Å². The molecule has 2 atom stereocenters. The molecule has 1 saturated heterocycles. The third-order valence-electron chi connectivity index (χ3n) is 4.60. The van der Waals surface area contributed by atoms with E-state index in [2.05, 4.69) is 17.6 Å². The Hall–Kier alpha value is -0.570. The van der Waals surface area contributed by atoms with Crippen molar-refractivity contribution >= 4 is 5.91 Å². The first-order chi connectivity index (χ1) is 8.77. The fourth-order valence-electron chi connectivity index (χ4n) is 3.33. The Kier molecular flexibility index (Phi) is 5.48. The van der Waals surface area contributed by atoms with E-state index in [0.717, 1.165) is 13.0 Å². The molecule has 1 heterocycles. The van der Waals surface area contributed by atoms with Crippen LogP contribution in [0.4, 0.5) is 0 Å². The first kappa shape index (κ1) is 13.9. The minimum atomic E-state index is 0.0542. The Morgan fingerprint density at radius 2 is 1.72 bits per heavy atom. The van der Waals surface area contributed by atoms with E-state index in [1.807, 2.05) is 0 Å². The zero-order valence-corrected chi connectivity index (χ0v) is 11.7. The fraction of sp³-hybridized carbons (Fsp3) is 0.933. The maximum absolute atomic E-state index is 12.2. The summed E-state index contributed by atoms with van der Waals surface area (Å²) in [6, 6.07) is 0.404. The lowest BCUT2D eigenvalue weighted by Gasteiger charge is -2.29.